The van der Waals surface area contributed by atoms with Crippen molar-refractivity contribution < 1.29 is 0 Å². The van der Waals surface area contributed by atoms with E-state index in [0.717, 1.165) is 0 Å². The molecule has 0 saturated carbocycles. The number of hydrogen-bond acceptors (Lipinski definition) is 0. The van der Waals surface area contributed by atoms with Gasteiger partial charge < -0.3 is 0 Å². The fourth-order valence-corrected chi connectivity index (χ4v) is 3.47. The summed E-state index contributed by atoms with van der Waals surface area (Å²) in [5, 5.41) is 0. The van der Waals surface area contributed by atoms with E-state index in [1.54, 1.807) is 0 Å². The van der Waals surface area contributed by atoms with Crippen molar-refractivity contribution in [2.75, 3.05) is 0 Å². The monoisotopic (exact) mass is 436 g/mol. The Labute approximate surface area is 203 Å². The van der Waals surface area contributed by atoms with Gasteiger partial charge in [0.15, 0.2) is 0 Å². The molecule has 5 aromatic carbocycles. The van der Waals surface area contributed by atoms with Crippen LogP contribution in [0.3, 0.4) is 0 Å². The molecule has 5 rings (SSSR count). The largest absolute Gasteiger partial charge is 0.0623 e. The summed E-state index contributed by atoms with van der Waals surface area (Å²) >= 11 is 0. The fraction of sp³-hybridized carbons (Fsp3) is 0. The van der Waals surface area contributed by atoms with Gasteiger partial charge in [0, 0.05) is 0 Å². The molecular weight excluding hydrogens is 408 g/mol. The summed E-state index contributed by atoms with van der Waals surface area (Å²) in [4.78, 5) is 0. The predicted octanol–water partition coefficient (Wildman–Crippen LogP) is 9.38. The zero-order valence-corrected chi connectivity index (χ0v) is 19.2. The van der Waals surface area contributed by atoms with Crippen LogP contribution in [-0.4, -0.2) is 0 Å². The normalized spacial score (nSPS) is 10.7. The lowest BCUT2D eigenvalue weighted by Crippen LogP contribution is -1.80. The number of rotatable bonds is 5. The van der Waals surface area contributed by atoms with Crippen LogP contribution < -0.4 is 0 Å². The van der Waals surface area contributed by atoms with E-state index in [9.17, 15) is 0 Å². The Morgan fingerprint density at radius 3 is 0.765 bits per heavy atom. The van der Waals surface area contributed by atoms with Gasteiger partial charge in [0.1, 0.15) is 0 Å². The Morgan fingerprint density at radius 2 is 0.471 bits per heavy atom. The zero-order chi connectivity index (χ0) is 23.3. The summed E-state index contributed by atoms with van der Waals surface area (Å²) in [6.45, 7) is 0. The Balaban J connectivity index is 0.000000398. The van der Waals surface area contributed by atoms with Crippen molar-refractivity contribution in [3.63, 3.8) is 0 Å². The second-order valence-electron chi connectivity index (χ2n) is 7.89. The van der Waals surface area contributed by atoms with Crippen LogP contribution in [0.5, 0.6) is 0 Å². The molecule has 0 aromatic heterocycles. The molecule has 5 aromatic rings. The first-order valence-electron chi connectivity index (χ1n) is 11.5. The summed E-state index contributed by atoms with van der Waals surface area (Å²) in [6, 6.07) is 50.1. The van der Waals surface area contributed by atoms with Crippen LogP contribution in [0.4, 0.5) is 0 Å². The van der Waals surface area contributed by atoms with Crippen LogP contribution in [0.1, 0.15) is 22.3 Å². The van der Waals surface area contributed by atoms with E-state index in [4.69, 9.17) is 0 Å². The van der Waals surface area contributed by atoms with E-state index in [1.165, 1.54) is 33.4 Å². The maximum Gasteiger partial charge on any atom is -0.0184 e. The predicted molar refractivity (Wildman–Crippen MR) is 149 cm³/mol. The van der Waals surface area contributed by atoms with Gasteiger partial charge in [-0.3, -0.25) is 0 Å². The van der Waals surface area contributed by atoms with Gasteiger partial charge in [-0.15, -0.1) is 0 Å². The Kier molecular flexibility index (Phi) is 8.42. The third kappa shape index (κ3) is 7.32. The van der Waals surface area contributed by atoms with Crippen LogP contribution in [0.25, 0.3) is 35.4 Å². The third-order valence-electron chi connectivity index (χ3n) is 5.36. The Bertz CT molecular complexity index is 1160. The van der Waals surface area contributed by atoms with Gasteiger partial charge >= 0.3 is 0 Å². The lowest BCUT2D eigenvalue weighted by atomic mass is 10.0. The van der Waals surface area contributed by atoms with Crippen LogP contribution in [-0.2, 0) is 0 Å². The van der Waals surface area contributed by atoms with E-state index >= 15 is 0 Å². The summed E-state index contributed by atoms with van der Waals surface area (Å²) in [5.74, 6) is 0. The van der Waals surface area contributed by atoms with Crippen molar-refractivity contribution >= 4 is 24.3 Å². The minimum Gasteiger partial charge on any atom is -0.0623 e. The van der Waals surface area contributed by atoms with Gasteiger partial charge in [0.25, 0.3) is 0 Å². The van der Waals surface area contributed by atoms with E-state index in [1.807, 2.05) is 48.5 Å². The molecule has 164 valence electrons. The first kappa shape index (κ1) is 22.8. The second-order valence-corrected chi connectivity index (χ2v) is 7.89. The van der Waals surface area contributed by atoms with Crippen molar-refractivity contribution in [2.45, 2.75) is 0 Å². The van der Waals surface area contributed by atoms with E-state index < -0.39 is 0 Å². The van der Waals surface area contributed by atoms with Crippen molar-refractivity contribution in [2.24, 2.45) is 0 Å². The van der Waals surface area contributed by atoms with Crippen molar-refractivity contribution in [3.05, 3.63) is 168 Å². The first-order valence-corrected chi connectivity index (χ1v) is 11.5. The van der Waals surface area contributed by atoms with E-state index in [0.29, 0.717) is 0 Å². The lowest BCUT2D eigenvalue weighted by Gasteiger charge is -2.03. The third-order valence-corrected chi connectivity index (χ3v) is 5.36. The molecule has 0 saturated heterocycles. The highest BCUT2D eigenvalue weighted by Gasteiger charge is 1.98. The van der Waals surface area contributed by atoms with Crippen molar-refractivity contribution in [1.82, 2.24) is 0 Å². The molecule has 0 N–H and O–H groups in total. The molecule has 0 bridgehead atoms. The van der Waals surface area contributed by atoms with E-state index in [2.05, 4.69) is 121 Å². The summed E-state index contributed by atoms with van der Waals surface area (Å²) in [7, 11) is 0. The van der Waals surface area contributed by atoms with E-state index in [-0.39, 0.29) is 0 Å². The molecule has 0 spiro atoms. The highest BCUT2D eigenvalue weighted by molar-refractivity contribution is 5.74. The highest BCUT2D eigenvalue weighted by atomic mass is 14.0. The summed E-state index contributed by atoms with van der Waals surface area (Å²) in [6.07, 6.45) is 8.58. The van der Waals surface area contributed by atoms with Crippen molar-refractivity contribution in [1.29, 1.82) is 0 Å². The molecule has 0 aliphatic carbocycles. The number of hydrogen-bond donors (Lipinski definition) is 0. The van der Waals surface area contributed by atoms with Crippen LogP contribution in [0.15, 0.2) is 146 Å². The molecule has 0 nitrogen and oxygen atoms in total. The number of benzene rings is 5. The van der Waals surface area contributed by atoms with Gasteiger partial charge in [-0.25, -0.2) is 0 Å². The average Bonchev–Trinajstić information content (AvgIpc) is 2.94. The van der Waals surface area contributed by atoms with Crippen LogP contribution in [0.2, 0.25) is 0 Å². The maximum absolute atomic E-state index is 2.18. The Hall–Kier alpha value is -4.42. The summed E-state index contributed by atoms with van der Waals surface area (Å²) < 4.78 is 0. The quantitative estimate of drug-likeness (QED) is 0.241. The molecule has 0 fully saturated rings. The summed E-state index contributed by atoms with van der Waals surface area (Å²) in [5.41, 5.74) is 7.30. The minimum absolute atomic E-state index is 1.20. The van der Waals surface area contributed by atoms with Gasteiger partial charge in [0.2, 0.25) is 0 Å². The van der Waals surface area contributed by atoms with Gasteiger partial charge in [-0.2, -0.15) is 0 Å². The molecule has 0 unspecified atom stereocenters. The topological polar surface area (TPSA) is 0 Å². The fourth-order valence-electron chi connectivity index (χ4n) is 3.47. The van der Waals surface area contributed by atoms with Crippen LogP contribution in [0, 0.1) is 0 Å². The average molecular weight is 437 g/mol. The molecule has 0 heterocycles. The SMILES string of the molecule is C(=Cc1ccc(-c2ccc(C=Cc3ccccc3)cc2)cc1)c1ccccc1.c1ccccc1. The molecule has 0 heteroatoms. The molecule has 0 aliphatic heterocycles. The first-order chi connectivity index (χ1) is 16.9. The van der Waals surface area contributed by atoms with Crippen LogP contribution >= 0.6 is 0 Å². The van der Waals surface area contributed by atoms with Gasteiger partial charge in [-0.1, -0.05) is 170 Å². The molecular formula is C34H28. The molecule has 34 heavy (non-hydrogen) atoms. The highest BCUT2D eigenvalue weighted by Crippen LogP contribution is 2.22. The Morgan fingerprint density at radius 1 is 0.235 bits per heavy atom. The van der Waals surface area contributed by atoms with Crippen molar-refractivity contribution in [3.8, 4) is 11.1 Å². The molecule has 0 aliphatic rings. The second kappa shape index (κ2) is 12.6. The molecule has 0 radical (unpaired) electrons. The smallest absolute Gasteiger partial charge is 0.0184 e. The minimum atomic E-state index is 1.20. The van der Waals surface area contributed by atoms with Gasteiger partial charge in [0.05, 0.1) is 0 Å². The van der Waals surface area contributed by atoms with Gasteiger partial charge in [-0.05, 0) is 33.4 Å². The molecule has 0 amide bonds. The lowest BCUT2D eigenvalue weighted by molar-refractivity contribution is 1.58. The molecule has 0 atom stereocenters. The standard InChI is InChI=1S/C28H22.C6H6/c1-3-7-23(8-4-1)11-13-25-15-19-27(20-16-25)28-21-17-26(18-22-28)14-12-24-9-5-2-6-10-24;1-2-4-6-5-3-1/h1-22H;1-6H. The zero-order valence-electron chi connectivity index (χ0n) is 19.2. The maximum atomic E-state index is 2.18.